The molecule has 2 aromatic rings. The highest BCUT2D eigenvalue weighted by atomic mass is 35.5. The predicted molar refractivity (Wildman–Crippen MR) is 77.0 cm³/mol. The van der Waals surface area contributed by atoms with Crippen molar-refractivity contribution in [2.45, 2.75) is 25.9 Å². The third kappa shape index (κ3) is 4.21. The molecule has 0 radical (unpaired) electrons. The molecule has 1 heterocycles. The van der Waals surface area contributed by atoms with E-state index in [4.69, 9.17) is 20.8 Å². The third-order valence-corrected chi connectivity index (χ3v) is 2.99. The van der Waals surface area contributed by atoms with Crippen molar-refractivity contribution in [3.8, 4) is 5.75 Å². The van der Waals surface area contributed by atoms with Crippen LogP contribution in [-0.4, -0.2) is 23.8 Å². The number of halogens is 1. The number of hydrogen-bond acceptors (Lipinski definition) is 5. The van der Waals surface area contributed by atoms with Crippen molar-refractivity contribution in [2.75, 3.05) is 13.6 Å². The summed E-state index contributed by atoms with van der Waals surface area (Å²) < 4.78 is 11.3. The lowest BCUT2D eigenvalue weighted by molar-refractivity contribution is 0.186. The molecular formula is C14H18ClN3O2. The van der Waals surface area contributed by atoms with Crippen molar-refractivity contribution >= 4 is 11.6 Å². The Bertz CT molecular complexity index is 545. The first-order valence-electron chi connectivity index (χ1n) is 6.58. The molecule has 1 aromatic heterocycles. The van der Waals surface area contributed by atoms with Gasteiger partial charge in [-0.3, -0.25) is 0 Å². The first-order chi connectivity index (χ1) is 9.69. The number of rotatable bonds is 7. The molecule has 2 rings (SSSR count). The summed E-state index contributed by atoms with van der Waals surface area (Å²) in [6, 6.07) is 7.22. The number of nitrogens with one attached hydrogen (secondary N) is 1. The molecule has 0 aliphatic heterocycles. The highest BCUT2D eigenvalue weighted by Gasteiger charge is 2.15. The number of benzene rings is 1. The number of hydrogen-bond donors (Lipinski definition) is 1. The smallest absolute Gasteiger partial charge is 0.256 e. The van der Waals surface area contributed by atoms with Gasteiger partial charge in [-0.1, -0.05) is 17.7 Å². The van der Waals surface area contributed by atoms with Gasteiger partial charge in [-0.25, -0.2) is 0 Å². The molecule has 0 amide bonds. The fourth-order valence-electron chi connectivity index (χ4n) is 1.74. The average Bonchev–Trinajstić information content (AvgIpc) is 2.88. The molecule has 0 saturated carbocycles. The molecule has 0 spiro atoms. The fraction of sp³-hybridized carbons (Fsp3) is 0.429. The summed E-state index contributed by atoms with van der Waals surface area (Å²) in [7, 11) is 1.92. The minimum Gasteiger partial charge on any atom is -0.481 e. The molecule has 0 fully saturated rings. The monoisotopic (exact) mass is 295 g/mol. The summed E-state index contributed by atoms with van der Waals surface area (Å²) in [5.74, 6) is 1.79. The lowest BCUT2D eigenvalue weighted by Crippen LogP contribution is -2.08. The predicted octanol–water partition coefficient (Wildman–Crippen LogP) is 3.02. The van der Waals surface area contributed by atoms with Crippen LogP contribution in [-0.2, 0) is 6.42 Å². The maximum Gasteiger partial charge on any atom is 0.256 e. The topological polar surface area (TPSA) is 60.2 Å². The van der Waals surface area contributed by atoms with Gasteiger partial charge in [-0.15, -0.1) is 10.2 Å². The number of aryl methyl sites for hydroxylation is 1. The molecule has 108 valence electrons. The van der Waals surface area contributed by atoms with Crippen LogP contribution in [0.25, 0.3) is 0 Å². The minimum absolute atomic E-state index is 0.306. The van der Waals surface area contributed by atoms with Gasteiger partial charge in [0.05, 0.1) is 0 Å². The summed E-state index contributed by atoms with van der Waals surface area (Å²) in [5.41, 5.74) is 0. The van der Waals surface area contributed by atoms with E-state index in [0.29, 0.717) is 22.6 Å². The van der Waals surface area contributed by atoms with E-state index >= 15 is 0 Å². The largest absolute Gasteiger partial charge is 0.481 e. The molecule has 1 atom stereocenters. The van der Waals surface area contributed by atoms with Gasteiger partial charge < -0.3 is 14.5 Å². The van der Waals surface area contributed by atoms with Crippen molar-refractivity contribution in [1.29, 1.82) is 0 Å². The van der Waals surface area contributed by atoms with Crippen LogP contribution in [0.2, 0.25) is 5.02 Å². The van der Waals surface area contributed by atoms with E-state index in [0.717, 1.165) is 19.4 Å². The Morgan fingerprint density at radius 3 is 3.00 bits per heavy atom. The van der Waals surface area contributed by atoms with Gasteiger partial charge in [0.15, 0.2) is 6.10 Å². The summed E-state index contributed by atoms with van der Waals surface area (Å²) in [4.78, 5) is 0. The lowest BCUT2D eigenvalue weighted by Gasteiger charge is -2.10. The first-order valence-corrected chi connectivity index (χ1v) is 6.96. The normalized spacial score (nSPS) is 12.3. The number of aromatic nitrogens is 2. The van der Waals surface area contributed by atoms with E-state index in [-0.39, 0.29) is 6.10 Å². The van der Waals surface area contributed by atoms with Crippen LogP contribution in [0, 0.1) is 0 Å². The van der Waals surface area contributed by atoms with Gasteiger partial charge >= 0.3 is 0 Å². The van der Waals surface area contributed by atoms with Crippen LogP contribution in [0.3, 0.4) is 0 Å². The lowest BCUT2D eigenvalue weighted by atomic mass is 10.3. The average molecular weight is 296 g/mol. The van der Waals surface area contributed by atoms with Crippen LogP contribution in [0.4, 0.5) is 0 Å². The van der Waals surface area contributed by atoms with Crippen LogP contribution in [0.5, 0.6) is 5.75 Å². The molecule has 1 aromatic carbocycles. The Hall–Kier alpha value is -1.59. The Morgan fingerprint density at radius 1 is 1.40 bits per heavy atom. The Labute approximate surface area is 123 Å². The van der Waals surface area contributed by atoms with Crippen molar-refractivity contribution in [2.24, 2.45) is 0 Å². The van der Waals surface area contributed by atoms with Crippen LogP contribution < -0.4 is 10.1 Å². The highest BCUT2D eigenvalue weighted by molar-refractivity contribution is 6.30. The SMILES string of the molecule is CNCCCc1nnc(C(C)Oc2cccc(Cl)c2)o1. The highest BCUT2D eigenvalue weighted by Crippen LogP contribution is 2.23. The maximum atomic E-state index is 5.91. The maximum absolute atomic E-state index is 5.91. The van der Waals surface area contributed by atoms with Crippen LogP contribution in [0.1, 0.15) is 31.2 Å². The second kappa shape index (κ2) is 7.26. The van der Waals surface area contributed by atoms with Crippen LogP contribution in [0.15, 0.2) is 28.7 Å². The zero-order chi connectivity index (χ0) is 14.4. The molecule has 1 N–H and O–H groups in total. The number of ether oxygens (including phenoxy) is 1. The van der Waals surface area contributed by atoms with Gasteiger partial charge in [0, 0.05) is 11.4 Å². The molecule has 6 heteroatoms. The summed E-state index contributed by atoms with van der Waals surface area (Å²) in [6.45, 7) is 2.79. The second-order valence-corrected chi connectivity index (χ2v) is 4.90. The third-order valence-electron chi connectivity index (χ3n) is 2.76. The zero-order valence-corrected chi connectivity index (χ0v) is 12.4. The van der Waals surface area contributed by atoms with Gasteiger partial charge in [-0.2, -0.15) is 0 Å². The summed E-state index contributed by atoms with van der Waals surface area (Å²) in [5, 5.41) is 11.7. The van der Waals surface area contributed by atoms with E-state index in [2.05, 4.69) is 15.5 Å². The van der Waals surface area contributed by atoms with Gasteiger partial charge in [-0.05, 0) is 45.1 Å². The van der Waals surface area contributed by atoms with E-state index in [1.807, 2.05) is 26.1 Å². The minimum atomic E-state index is -0.306. The van der Waals surface area contributed by atoms with E-state index in [9.17, 15) is 0 Å². The van der Waals surface area contributed by atoms with Gasteiger partial charge in [0.1, 0.15) is 5.75 Å². The van der Waals surface area contributed by atoms with E-state index in [1.54, 1.807) is 12.1 Å². The molecule has 5 nitrogen and oxygen atoms in total. The standard InChI is InChI=1S/C14H18ClN3O2/c1-10(19-12-6-3-5-11(15)9-12)14-18-17-13(20-14)7-4-8-16-2/h3,5-6,9-10,16H,4,7-8H2,1-2H3. The van der Waals surface area contributed by atoms with Crippen molar-refractivity contribution in [3.63, 3.8) is 0 Å². The Kier molecular flexibility index (Phi) is 5.38. The molecule has 0 saturated heterocycles. The number of nitrogens with zero attached hydrogens (tertiary/aromatic N) is 2. The zero-order valence-electron chi connectivity index (χ0n) is 11.6. The van der Waals surface area contributed by atoms with Crippen molar-refractivity contribution < 1.29 is 9.15 Å². The van der Waals surface area contributed by atoms with Gasteiger partial charge in [0.25, 0.3) is 5.89 Å². The molecule has 0 aliphatic rings. The van der Waals surface area contributed by atoms with Crippen LogP contribution >= 0.6 is 11.6 Å². The van der Waals surface area contributed by atoms with E-state index in [1.165, 1.54) is 0 Å². The molecular weight excluding hydrogens is 278 g/mol. The fourth-order valence-corrected chi connectivity index (χ4v) is 1.92. The molecule has 1 unspecified atom stereocenters. The van der Waals surface area contributed by atoms with Gasteiger partial charge in [0.2, 0.25) is 5.89 Å². The Balaban J connectivity index is 1.93. The molecule has 20 heavy (non-hydrogen) atoms. The Morgan fingerprint density at radius 2 is 2.25 bits per heavy atom. The van der Waals surface area contributed by atoms with Crippen molar-refractivity contribution in [1.82, 2.24) is 15.5 Å². The quantitative estimate of drug-likeness (QED) is 0.796. The molecule has 0 aliphatic carbocycles. The van der Waals surface area contributed by atoms with E-state index < -0.39 is 0 Å². The summed E-state index contributed by atoms with van der Waals surface area (Å²) >= 11 is 5.91. The first kappa shape index (κ1) is 14.8. The summed E-state index contributed by atoms with van der Waals surface area (Å²) in [6.07, 6.45) is 1.42. The second-order valence-electron chi connectivity index (χ2n) is 4.46. The molecule has 0 bridgehead atoms. The van der Waals surface area contributed by atoms with Crippen molar-refractivity contribution in [3.05, 3.63) is 41.1 Å².